The maximum absolute atomic E-state index is 11.4. The molecule has 4 nitrogen and oxygen atoms in total. The molecule has 0 unspecified atom stereocenters. The third-order valence-corrected chi connectivity index (χ3v) is 2.13. The minimum Gasteiger partial charge on any atom is -0.443 e. The highest BCUT2D eigenvalue weighted by Crippen LogP contribution is 2.14. The van der Waals surface area contributed by atoms with Crippen LogP contribution >= 0.6 is 0 Å². The predicted molar refractivity (Wildman–Crippen MR) is 58.7 cm³/mol. The van der Waals surface area contributed by atoms with Gasteiger partial charge in [0.2, 0.25) is 0 Å². The predicted octanol–water partition coefficient (Wildman–Crippen LogP) is 2.82. The number of aromatic nitrogens is 1. The summed E-state index contributed by atoms with van der Waals surface area (Å²) in [6.45, 7) is 5.71. The monoisotopic (exact) mass is 208 g/mol. The number of carbonyl (C=O) groups is 1. The van der Waals surface area contributed by atoms with Crippen molar-refractivity contribution in [2.45, 2.75) is 32.8 Å². The van der Waals surface area contributed by atoms with Crippen molar-refractivity contribution in [2.75, 3.05) is 5.32 Å². The summed E-state index contributed by atoms with van der Waals surface area (Å²) in [6, 6.07) is 3.51. The molecule has 0 radical (unpaired) electrons. The minimum atomic E-state index is -0.449. The Bertz CT molecular complexity index is 323. The zero-order valence-corrected chi connectivity index (χ0v) is 9.28. The molecule has 0 atom stereocenters. The van der Waals surface area contributed by atoms with Crippen molar-refractivity contribution in [3.63, 3.8) is 0 Å². The first kappa shape index (κ1) is 11.5. The van der Waals surface area contributed by atoms with Crippen LogP contribution in [0.5, 0.6) is 0 Å². The molecule has 1 aromatic rings. The van der Waals surface area contributed by atoms with Gasteiger partial charge in [-0.25, -0.2) is 4.79 Å². The first-order chi connectivity index (χ1) is 7.03. The fourth-order valence-electron chi connectivity index (χ4n) is 0.903. The summed E-state index contributed by atoms with van der Waals surface area (Å²) in [4.78, 5) is 15.3. The van der Waals surface area contributed by atoms with Crippen LogP contribution in [0.25, 0.3) is 0 Å². The fourth-order valence-corrected chi connectivity index (χ4v) is 0.903. The van der Waals surface area contributed by atoms with E-state index in [4.69, 9.17) is 4.74 Å². The molecule has 1 N–H and O–H groups in total. The van der Waals surface area contributed by atoms with Crippen molar-refractivity contribution >= 4 is 11.8 Å². The fraction of sp³-hybridized carbons (Fsp3) is 0.455. The van der Waals surface area contributed by atoms with Gasteiger partial charge in [0, 0.05) is 6.20 Å². The Labute approximate surface area is 89.7 Å². The largest absolute Gasteiger partial charge is 0.443 e. The highest BCUT2D eigenvalue weighted by Gasteiger charge is 2.20. The van der Waals surface area contributed by atoms with Gasteiger partial charge in [-0.1, -0.05) is 6.92 Å². The summed E-state index contributed by atoms with van der Waals surface area (Å²) in [7, 11) is 0. The van der Waals surface area contributed by atoms with Crippen LogP contribution in [0.3, 0.4) is 0 Å². The quantitative estimate of drug-likeness (QED) is 0.831. The molecule has 1 aromatic heterocycles. The minimum absolute atomic E-state index is 0.438. The molecule has 0 bridgehead atoms. The SMILES string of the molecule is CCC(C)(C)OC(=O)Nc1cccnc1. The normalized spacial score (nSPS) is 10.9. The number of rotatable bonds is 3. The number of nitrogens with one attached hydrogen (secondary N) is 1. The summed E-state index contributed by atoms with van der Waals surface area (Å²) in [6.07, 6.45) is 3.54. The van der Waals surface area contributed by atoms with Gasteiger partial charge in [-0.15, -0.1) is 0 Å². The van der Waals surface area contributed by atoms with Crippen molar-refractivity contribution < 1.29 is 9.53 Å². The van der Waals surface area contributed by atoms with E-state index in [1.165, 1.54) is 0 Å². The van der Waals surface area contributed by atoms with Crippen LogP contribution in [0.15, 0.2) is 24.5 Å². The molecule has 0 fully saturated rings. The number of ether oxygens (including phenoxy) is 1. The maximum Gasteiger partial charge on any atom is 0.412 e. The standard InChI is InChI=1S/C11H16N2O2/c1-4-11(2,3)15-10(14)13-9-6-5-7-12-8-9/h5-8H,4H2,1-3H3,(H,13,14). The third-order valence-electron chi connectivity index (χ3n) is 2.13. The molecular weight excluding hydrogens is 192 g/mol. The number of hydrogen-bond acceptors (Lipinski definition) is 3. The molecule has 15 heavy (non-hydrogen) atoms. The molecule has 0 aliphatic heterocycles. The van der Waals surface area contributed by atoms with Crippen molar-refractivity contribution in [2.24, 2.45) is 0 Å². The van der Waals surface area contributed by atoms with E-state index in [0.717, 1.165) is 6.42 Å². The topological polar surface area (TPSA) is 51.2 Å². The van der Waals surface area contributed by atoms with Crippen LogP contribution < -0.4 is 5.32 Å². The van der Waals surface area contributed by atoms with E-state index in [1.807, 2.05) is 20.8 Å². The van der Waals surface area contributed by atoms with Crippen LogP contribution in [0.2, 0.25) is 0 Å². The zero-order valence-electron chi connectivity index (χ0n) is 9.28. The Morgan fingerprint density at radius 1 is 1.60 bits per heavy atom. The lowest BCUT2D eigenvalue weighted by Crippen LogP contribution is -2.29. The molecule has 0 saturated heterocycles. The number of amides is 1. The highest BCUT2D eigenvalue weighted by atomic mass is 16.6. The van der Waals surface area contributed by atoms with Gasteiger partial charge < -0.3 is 4.74 Å². The molecule has 82 valence electrons. The lowest BCUT2D eigenvalue weighted by molar-refractivity contribution is 0.0462. The van der Waals surface area contributed by atoms with E-state index >= 15 is 0 Å². The Hall–Kier alpha value is -1.58. The van der Waals surface area contributed by atoms with Crippen molar-refractivity contribution in [3.8, 4) is 0 Å². The van der Waals surface area contributed by atoms with Gasteiger partial charge in [0.15, 0.2) is 0 Å². The van der Waals surface area contributed by atoms with Gasteiger partial charge in [-0.05, 0) is 32.4 Å². The van der Waals surface area contributed by atoms with Gasteiger partial charge in [0.05, 0.1) is 11.9 Å². The number of nitrogens with zero attached hydrogens (tertiary/aromatic N) is 1. The second-order valence-electron chi connectivity index (χ2n) is 3.87. The number of anilines is 1. The van der Waals surface area contributed by atoms with Crippen molar-refractivity contribution in [3.05, 3.63) is 24.5 Å². The van der Waals surface area contributed by atoms with E-state index in [0.29, 0.717) is 5.69 Å². The lowest BCUT2D eigenvalue weighted by Gasteiger charge is -2.23. The third kappa shape index (κ3) is 3.97. The number of pyridine rings is 1. The Kier molecular flexibility index (Phi) is 3.66. The first-order valence-corrected chi connectivity index (χ1v) is 4.93. The van der Waals surface area contributed by atoms with E-state index < -0.39 is 11.7 Å². The molecule has 0 spiro atoms. The van der Waals surface area contributed by atoms with Crippen LogP contribution in [0.1, 0.15) is 27.2 Å². The summed E-state index contributed by atoms with van der Waals surface area (Å²) in [5.41, 5.74) is 0.196. The van der Waals surface area contributed by atoms with Crippen molar-refractivity contribution in [1.82, 2.24) is 4.98 Å². The molecule has 0 aromatic carbocycles. The zero-order chi connectivity index (χ0) is 11.3. The van der Waals surface area contributed by atoms with Gasteiger partial charge >= 0.3 is 6.09 Å². The summed E-state index contributed by atoms with van der Waals surface area (Å²) < 4.78 is 5.21. The molecule has 0 aliphatic carbocycles. The first-order valence-electron chi connectivity index (χ1n) is 4.93. The maximum atomic E-state index is 11.4. The average Bonchev–Trinajstić information content (AvgIpc) is 2.18. The smallest absolute Gasteiger partial charge is 0.412 e. The average molecular weight is 208 g/mol. The van der Waals surface area contributed by atoms with Crippen LogP contribution in [-0.4, -0.2) is 16.7 Å². The molecule has 1 rings (SSSR count). The van der Waals surface area contributed by atoms with Crippen LogP contribution in [0.4, 0.5) is 10.5 Å². The molecule has 0 saturated carbocycles. The van der Waals surface area contributed by atoms with Gasteiger partial charge in [-0.2, -0.15) is 0 Å². The van der Waals surface area contributed by atoms with Gasteiger partial charge in [-0.3, -0.25) is 10.3 Å². The van der Waals surface area contributed by atoms with Crippen LogP contribution in [-0.2, 0) is 4.74 Å². The summed E-state index contributed by atoms with van der Waals surface area (Å²) >= 11 is 0. The number of hydrogen-bond donors (Lipinski definition) is 1. The van der Waals surface area contributed by atoms with E-state index in [-0.39, 0.29) is 0 Å². The van der Waals surface area contributed by atoms with Crippen molar-refractivity contribution in [1.29, 1.82) is 0 Å². The van der Waals surface area contributed by atoms with E-state index in [1.54, 1.807) is 24.5 Å². The van der Waals surface area contributed by atoms with E-state index in [2.05, 4.69) is 10.3 Å². The highest BCUT2D eigenvalue weighted by molar-refractivity contribution is 5.84. The Morgan fingerprint density at radius 3 is 2.87 bits per heavy atom. The molecule has 1 amide bonds. The molecule has 0 aliphatic rings. The Balaban J connectivity index is 2.51. The second-order valence-corrected chi connectivity index (χ2v) is 3.87. The molecule has 4 heteroatoms. The second kappa shape index (κ2) is 4.77. The molecule has 1 heterocycles. The van der Waals surface area contributed by atoms with Crippen LogP contribution in [0, 0.1) is 0 Å². The van der Waals surface area contributed by atoms with Gasteiger partial charge in [0.25, 0.3) is 0 Å². The summed E-state index contributed by atoms with van der Waals surface area (Å²) in [5, 5.41) is 2.61. The Morgan fingerprint density at radius 2 is 2.33 bits per heavy atom. The van der Waals surface area contributed by atoms with Gasteiger partial charge in [0.1, 0.15) is 5.60 Å². The summed E-state index contributed by atoms with van der Waals surface area (Å²) in [5.74, 6) is 0. The van der Waals surface area contributed by atoms with E-state index in [9.17, 15) is 4.79 Å². The lowest BCUT2D eigenvalue weighted by atomic mass is 10.1. The number of carbonyl (C=O) groups excluding carboxylic acids is 1. The molecular formula is C11H16N2O2.